The van der Waals surface area contributed by atoms with Gasteiger partial charge in [0.1, 0.15) is 0 Å². The van der Waals surface area contributed by atoms with Crippen molar-refractivity contribution in [2.24, 2.45) is 4.99 Å². The van der Waals surface area contributed by atoms with Gasteiger partial charge in [-0.1, -0.05) is 0 Å². The number of aliphatic imine (C=N–C) groups is 1. The van der Waals surface area contributed by atoms with Crippen molar-refractivity contribution in [1.29, 1.82) is 0 Å². The Hall–Kier alpha value is -3.70. The highest BCUT2D eigenvalue weighted by Gasteiger charge is 2.35. The van der Waals surface area contributed by atoms with Crippen LogP contribution in [0.4, 0.5) is 30.2 Å². The Kier molecular flexibility index (Phi) is 6.36. The molecule has 0 atom stereocenters. The molecule has 0 fully saturated rings. The van der Waals surface area contributed by atoms with Crippen LogP contribution in [0.5, 0.6) is 5.75 Å². The average molecular weight is 412 g/mol. The fourth-order valence-corrected chi connectivity index (χ4v) is 2.48. The van der Waals surface area contributed by atoms with Crippen LogP contribution in [0, 0.1) is 27.2 Å². The zero-order valence-electron chi connectivity index (χ0n) is 14.9. The quantitative estimate of drug-likeness (QED) is 0.305. The molecule has 9 nitrogen and oxygen atoms in total. The van der Waals surface area contributed by atoms with Gasteiger partial charge >= 0.3 is 11.9 Å². The van der Waals surface area contributed by atoms with E-state index in [1.807, 2.05) is 0 Å². The van der Waals surface area contributed by atoms with E-state index in [2.05, 4.69) is 10.3 Å². The number of non-ortho nitro benzene ring substituents is 1. The van der Waals surface area contributed by atoms with Gasteiger partial charge < -0.3 is 10.4 Å². The molecule has 0 aliphatic heterocycles. The lowest BCUT2D eigenvalue weighted by Gasteiger charge is -2.13. The largest absolute Gasteiger partial charge is 0.502 e. The lowest BCUT2D eigenvalue weighted by molar-refractivity contribution is -0.385. The number of aryl methyl sites for hydroxylation is 1. The van der Waals surface area contributed by atoms with Crippen LogP contribution in [0.2, 0.25) is 0 Å². The number of phenols is 1. The first-order valence-electron chi connectivity index (χ1n) is 8.08. The van der Waals surface area contributed by atoms with Crippen LogP contribution in [0.1, 0.15) is 16.7 Å². The maximum Gasteiger partial charge on any atom is 0.418 e. The van der Waals surface area contributed by atoms with Crippen LogP contribution in [-0.4, -0.2) is 34.3 Å². The fourth-order valence-electron chi connectivity index (χ4n) is 2.48. The smallest absolute Gasteiger partial charge is 0.418 e. The maximum absolute atomic E-state index is 13.1. The van der Waals surface area contributed by atoms with Gasteiger partial charge in [-0.2, -0.15) is 13.2 Å². The van der Waals surface area contributed by atoms with Gasteiger partial charge in [0.15, 0.2) is 0 Å². The van der Waals surface area contributed by atoms with Gasteiger partial charge in [0.05, 0.1) is 22.0 Å². The third-order valence-electron chi connectivity index (χ3n) is 3.77. The van der Waals surface area contributed by atoms with E-state index < -0.39 is 38.7 Å². The summed E-state index contributed by atoms with van der Waals surface area (Å²) in [5, 5.41) is 34.0. The summed E-state index contributed by atoms with van der Waals surface area (Å²) in [4.78, 5) is 23.9. The number of rotatable bonds is 7. The number of hydrogen-bond acceptors (Lipinski definition) is 7. The van der Waals surface area contributed by atoms with E-state index in [0.29, 0.717) is 11.6 Å². The summed E-state index contributed by atoms with van der Waals surface area (Å²) in [6, 6.07) is 5.01. The highest BCUT2D eigenvalue weighted by molar-refractivity contribution is 5.86. The Bertz CT molecular complexity index is 976. The zero-order chi connectivity index (χ0) is 21.8. The summed E-state index contributed by atoms with van der Waals surface area (Å²) >= 11 is 0. The molecule has 0 radical (unpaired) electrons. The topological polar surface area (TPSA) is 131 Å². The highest BCUT2D eigenvalue weighted by atomic mass is 19.4. The first kappa shape index (κ1) is 21.6. The van der Waals surface area contributed by atoms with Gasteiger partial charge in [-0.25, -0.2) is 0 Å². The molecule has 2 N–H and O–H groups in total. The molecule has 0 aliphatic carbocycles. The Labute approximate surface area is 161 Å². The molecule has 0 aliphatic rings. The molecule has 0 spiro atoms. The van der Waals surface area contributed by atoms with E-state index in [1.165, 1.54) is 18.3 Å². The monoisotopic (exact) mass is 412 g/mol. The van der Waals surface area contributed by atoms with E-state index in [4.69, 9.17) is 0 Å². The van der Waals surface area contributed by atoms with Gasteiger partial charge in [0, 0.05) is 42.2 Å². The normalized spacial score (nSPS) is 11.6. The van der Waals surface area contributed by atoms with Crippen LogP contribution in [0.15, 0.2) is 35.3 Å². The third kappa shape index (κ3) is 5.40. The SMILES string of the molecule is Cc1cc(C=NCCNc2ccc([N+](=O)[O-])cc2C(F)(F)F)c(O)c([N+](=O)[O-])c1. The number of phenolic OH excluding ortho intramolecular Hbond substituents is 1. The third-order valence-corrected chi connectivity index (χ3v) is 3.77. The van der Waals surface area contributed by atoms with Crippen molar-refractivity contribution in [2.45, 2.75) is 13.1 Å². The molecule has 2 rings (SSSR count). The summed E-state index contributed by atoms with van der Waals surface area (Å²) in [6.07, 6.45) is -3.61. The molecule has 2 aromatic carbocycles. The van der Waals surface area contributed by atoms with Gasteiger partial charge in [0.25, 0.3) is 5.69 Å². The van der Waals surface area contributed by atoms with E-state index in [0.717, 1.165) is 12.1 Å². The second kappa shape index (κ2) is 8.54. The number of anilines is 1. The summed E-state index contributed by atoms with van der Waals surface area (Å²) in [6.45, 7) is 1.53. The van der Waals surface area contributed by atoms with Crippen LogP contribution < -0.4 is 5.32 Å². The van der Waals surface area contributed by atoms with E-state index in [9.17, 15) is 38.5 Å². The second-order valence-electron chi connectivity index (χ2n) is 5.93. The molecule has 0 saturated heterocycles. The van der Waals surface area contributed by atoms with Gasteiger partial charge in [-0.3, -0.25) is 25.2 Å². The van der Waals surface area contributed by atoms with Crippen LogP contribution >= 0.6 is 0 Å². The number of halogens is 3. The number of aromatic hydroxyl groups is 1. The summed E-state index contributed by atoms with van der Waals surface area (Å²) in [5.41, 5.74) is -2.06. The van der Waals surface area contributed by atoms with Gasteiger partial charge in [-0.05, 0) is 24.6 Å². The van der Waals surface area contributed by atoms with Crippen molar-refractivity contribution in [3.8, 4) is 5.75 Å². The first-order valence-corrected chi connectivity index (χ1v) is 8.08. The van der Waals surface area contributed by atoms with Crippen molar-refractivity contribution >= 4 is 23.3 Å². The molecular formula is C17H15F3N4O5. The molecule has 2 aromatic rings. The highest BCUT2D eigenvalue weighted by Crippen LogP contribution is 2.37. The number of benzene rings is 2. The van der Waals surface area contributed by atoms with Crippen molar-refractivity contribution in [3.63, 3.8) is 0 Å². The molecule has 154 valence electrons. The zero-order valence-corrected chi connectivity index (χ0v) is 14.9. The molecular weight excluding hydrogens is 397 g/mol. The minimum absolute atomic E-state index is 0.0184. The first-order chi connectivity index (χ1) is 13.5. The van der Waals surface area contributed by atoms with Gasteiger partial charge in [0.2, 0.25) is 5.75 Å². The predicted octanol–water partition coefficient (Wildman–Crippen LogP) is 4.07. The Morgan fingerprint density at radius 3 is 2.45 bits per heavy atom. The minimum Gasteiger partial charge on any atom is -0.502 e. The Balaban J connectivity index is 2.10. The van der Waals surface area contributed by atoms with Crippen LogP contribution in [0.3, 0.4) is 0 Å². The summed E-state index contributed by atoms with van der Waals surface area (Å²) in [5.74, 6) is -0.563. The van der Waals surface area contributed by atoms with Crippen molar-refractivity contribution in [2.75, 3.05) is 18.4 Å². The van der Waals surface area contributed by atoms with Crippen molar-refractivity contribution in [3.05, 3.63) is 67.3 Å². The molecule has 29 heavy (non-hydrogen) atoms. The van der Waals surface area contributed by atoms with Crippen molar-refractivity contribution < 1.29 is 28.1 Å². The number of nitro benzene ring substituents is 2. The van der Waals surface area contributed by atoms with Crippen LogP contribution in [-0.2, 0) is 6.18 Å². The molecule has 0 unspecified atom stereocenters. The van der Waals surface area contributed by atoms with E-state index >= 15 is 0 Å². The van der Waals surface area contributed by atoms with Crippen molar-refractivity contribution in [1.82, 2.24) is 0 Å². The lowest BCUT2D eigenvalue weighted by Crippen LogP contribution is -2.13. The number of nitrogens with one attached hydrogen (secondary N) is 1. The van der Waals surface area contributed by atoms with E-state index in [1.54, 1.807) is 6.92 Å². The molecule has 0 heterocycles. The standard InChI is InChI=1S/C17H15F3N4O5/c1-10-6-11(16(25)15(7-10)24(28)29)9-21-4-5-22-14-3-2-12(23(26)27)8-13(14)17(18,19)20/h2-3,6-9,22,25H,4-5H2,1H3. The summed E-state index contributed by atoms with van der Waals surface area (Å²) < 4.78 is 39.3. The lowest BCUT2D eigenvalue weighted by atomic mass is 10.1. The van der Waals surface area contributed by atoms with Gasteiger partial charge in [-0.15, -0.1) is 0 Å². The number of hydrogen-bond donors (Lipinski definition) is 2. The Morgan fingerprint density at radius 2 is 1.86 bits per heavy atom. The predicted molar refractivity (Wildman–Crippen MR) is 98.5 cm³/mol. The minimum atomic E-state index is -4.79. The molecule has 0 bridgehead atoms. The molecule has 0 saturated carbocycles. The molecule has 12 heteroatoms. The number of nitrogens with zero attached hydrogens (tertiary/aromatic N) is 3. The molecule has 0 amide bonds. The molecule has 0 aromatic heterocycles. The Morgan fingerprint density at radius 1 is 1.17 bits per heavy atom. The maximum atomic E-state index is 13.1. The summed E-state index contributed by atoms with van der Waals surface area (Å²) in [7, 11) is 0. The van der Waals surface area contributed by atoms with Crippen LogP contribution in [0.25, 0.3) is 0 Å². The number of alkyl halides is 3. The number of nitro groups is 2. The fraction of sp³-hybridized carbons (Fsp3) is 0.235. The second-order valence-corrected chi connectivity index (χ2v) is 5.93. The average Bonchev–Trinajstić information content (AvgIpc) is 2.62. The van der Waals surface area contributed by atoms with E-state index in [-0.39, 0.29) is 24.3 Å².